The van der Waals surface area contributed by atoms with Gasteiger partial charge in [-0.15, -0.1) is 0 Å². The molecule has 2 aromatic heterocycles. The van der Waals surface area contributed by atoms with E-state index in [0.29, 0.717) is 22.2 Å². The van der Waals surface area contributed by atoms with Crippen LogP contribution >= 0.6 is 0 Å². The van der Waals surface area contributed by atoms with Crippen LogP contribution in [0.2, 0.25) is 0 Å². The van der Waals surface area contributed by atoms with Gasteiger partial charge in [0.1, 0.15) is 5.56 Å². The number of aromatic nitrogens is 2. The van der Waals surface area contributed by atoms with E-state index in [2.05, 4.69) is 0 Å². The van der Waals surface area contributed by atoms with Crippen molar-refractivity contribution < 1.29 is 18.0 Å². The van der Waals surface area contributed by atoms with Crippen LogP contribution in [0.5, 0.6) is 0 Å². The number of carbonyl (C=O) groups excluding carboxylic acids is 2. The van der Waals surface area contributed by atoms with E-state index in [0.717, 1.165) is 16.2 Å². The Kier molecular flexibility index (Phi) is 5.62. The Morgan fingerprint density at radius 2 is 1.62 bits per heavy atom. The van der Waals surface area contributed by atoms with Crippen LogP contribution in [0.1, 0.15) is 37.5 Å². The zero-order valence-electron chi connectivity index (χ0n) is 18.5. The summed E-state index contributed by atoms with van der Waals surface area (Å²) in [5, 5.41) is 0.604. The van der Waals surface area contributed by atoms with Crippen molar-refractivity contribution in [3.05, 3.63) is 99.1 Å². The summed E-state index contributed by atoms with van der Waals surface area (Å²) < 4.78 is 29.2. The SMILES string of the molecule is Cc1ccc(S(=O)(=O)n2c(C)cc3c(Cn4cc(C(N)=O)cc(C(N)=O)c4=O)cccc32)cc1. The highest BCUT2D eigenvalue weighted by atomic mass is 32.2. The van der Waals surface area contributed by atoms with Crippen molar-refractivity contribution in [1.82, 2.24) is 8.54 Å². The minimum Gasteiger partial charge on any atom is -0.366 e. The molecule has 0 unspecified atom stereocenters. The van der Waals surface area contributed by atoms with Crippen LogP contribution < -0.4 is 17.0 Å². The lowest BCUT2D eigenvalue weighted by Crippen LogP contribution is -2.31. The first-order valence-corrected chi connectivity index (χ1v) is 11.7. The number of pyridine rings is 1. The Morgan fingerprint density at radius 1 is 0.941 bits per heavy atom. The molecule has 0 bridgehead atoms. The van der Waals surface area contributed by atoms with Crippen LogP contribution in [-0.4, -0.2) is 28.8 Å². The van der Waals surface area contributed by atoms with E-state index in [4.69, 9.17) is 11.5 Å². The molecule has 2 heterocycles. The highest BCUT2D eigenvalue weighted by molar-refractivity contribution is 7.90. The normalized spacial score (nSPS) is 11.6. The van der Waals surface area contributed by atoms with Crippen LogP contribution in [0.3, 0.4) is 0 Å². The van der Waals surface area contributed by atoms with Crippen molar-refractivity contribution in [2.75, 3.05) is 0 Å². The number of hydrogen-bond acceptors (Lipinski definition) is 5. The van der Waals surface area contributed by atoms with Gasteiger partial charge >= 0.3 is 0 Å². The molecule has 2 aromatic carbocycles. The zero-order chi connectivity index (χ0) is 24.8. The molecule has 0 saturated carbocycles. The maximum Gasteiger partial charge on any atom is 0.268 e. The van der Waals surface area contributed by atoms with Crippen LogP contribution in [0.15, 0.2) is 70.5 Å². The molecule has 4 aromatic rings. The molecule has 10 heteroatoms. The highest BCUT2D eigenvalue weighted by Crippen LogP contribution is 2.28. The molecule has 4 N–H and O–H groups in total. The number of benzene rings is 2. The molecule has 0 saturated heterocycles. The van der Waals surface area contributed by atoms with Gasteiger partial charge in [-0.3, -0.25) is 14.4 Å². The molecule has 0 radical (unpaired) electrons. The number of rotatable bonds is 6. The lowest BCUT2D eigenvalue weighted by molar-refractivity contribution is 0.0998. The molecule has 0 fully saturated rings. The summed E-state index contributed by atoms with van der Waals surface area (Å²) in [4.78, 5) is 36.3. The van der Waals surface area contributed by atoms with Gasteiger partial charge in [0.05, 0.1) is 22.5 Å². The first-order chi connectivity index (χ1) is 16.0. The maximum absolute atomic E-state index is 13.4. The van der Waals surface area contributed by atoms with E-state index < -0.39 is 27.4 Å². The van der Waals surface area contributed by atoms with Gasteiger partial charge < -0.3 is 16.0 Å². The fourth-order valence-corrected chi connectivity index (χ4v) is 5.46. The molecule has 0 atom stereocenters. The van der Waals surface area contributed by atoms with Gasteiger partial charge in [-0.1, -0.05) is 29.8 Å². The average molecular weight is 479 g/mol. The predicted molar refractivity (Wildman–Crippen MR) is 127 cm³/mol. The quantitative estimate of drug-likeness (QED) is 0.434. The monoisotopic (exact) mass is 478 g/mol. The number of amides is 2. The third kappa shape index (κ3) is 3.88. The molecule has 0 aliphatic heterocycles. The third-order valence-corrected chi connectivity index (χ3v) is 7.43. The number of nitrogens with two attached hydrogens (primary N) is 2. The van der Waals surface area contributed by atoms with Crippen molar-refractivity contribution in [1.29, 1.82) is 0 Å². The fourth-order valence-electron chi connectivity index (χ4n) is 3.92. The summed E-state index contributed by atoms with van der Waals surface area (Å²) in [5.41, 5.74) is 12.0. The Labute approximate surface area is 195 Å². The molecule has 34 heavy (non-hydrogen) atoms. The summed E-state index contributed by atoms with van der Waals surface area (Å²) in [6, 6.07) is 14.4. The van der Waals surface area contributed by atoms with Crippen LogP contribution in [-0.2, 0) is 16.6 Å². The molecule has 9 nitrogen and oxygen atoms in total. The standard InChI is InChI=1S/C24H22N4O5S/c1-14-6-8-18(9-7-14)34(32,33)28-15(2)10-19-16(4-3-5-21(19)28)12-27-13-17(22(25)29)11-20(23(26)30)24(27)31/h3-11,13H,12H2,1-2H3,(H2,25,29)(H2,26,30). The molecule has 0 spiro atoms. The third-order valence-electron chi connectivity index (χ3n) is 5.60. The lowest BCUT2D eigenvalue weighted by atomic mass is 10.1. The minimum atomic E-state index is -3.88. The van der Waals surface area contributed by atoms with Gasteiger partial charge in [0.2, 0.25) is 5.91 Å². The van der Waals surface area contributed by atoms with Gasteiger partial charge in [-0.25, -0.2) is 12.4 Å². The second-order valence-corrected chi connectivity index (χ2v) is 9.81. The van der Waals surface area contributed by atoms with Crippen molar-refractivity contribution in [3.8, 4) is 0 Å². The first kappa shape index (κ1) is 23.0. The van der Waals surface area contributed by atoms with Crippen molar-refractivity contribution >= 4 is 32.7 Å². The topological polar surface area (TPSA) is 147 Å². The van der Waals surface area contributed by atoms with Gasteiger partial charge in [0.15, 0.2) is 0 Å². The number of aryl methyl sites for hydroxylation is 2. The number of fused-ring (bicyclic) bond motifs is 1. The van der Waals surface area contributed by atoms with E-state index in [1.54, 1.807) is 55.5 Å². The van der Waals surface area contributed by atoms with Crippen LogP contribution in [0.25, 0.3) is 10.9 Å². The Bertz CT molecular complexity index is 1630. The first-order valence-electron chi connectivity index (χ1n) is 10.3. The molecular formula is C24H22N4O5S. The second-order valence-electron chi connectivity index (χ2n) is 8.02. The van der Waals surface area contributed by atoms with Gasteiger partial charge in [-0.05, 0) is 49.7 Å². The molecule has 2 amide bonds. The average Bonchev–Trinajstić information content (AvgIpc) is 3.12. The Hall–Kier alpha value is -4.18. The summed E-state index contributed by atoms with van der Waals surface area (Å²) in [5.74, 6) is -1.80. The Morgan fingerprint density at radius 3 is 2.24 bits per heavy atom. The maximum atomic E-state index is 13.4. The number of carbonyl (C=O) groups is 2. The predicted octanol–water partition coefficient (Wildman–Crippen LogP) is 1.90. The lowest BCUT2D eigenvalue weighted by Gasteiger charge is -2.12. The fraction of sp³-hybridized carbons (Fsp3) is 0.125. The van der Waals surface area contributed by atoms with Crippen LogP contribution in [0, 0.1) is 13.8 Å². The second kappa shape index (κ2) is 8.31. The van der Waals surface area contributed by atoms with E-state index in [9.17, 15) is 22.8 Å². The summed E-state index contributed by atoms with van der Waals surface area (Å²) >= 11 is 0. The number of primary amides is 2. The number of hydrogen-bond donors (Lipinski definition) is 2. The van der Waals surface area contributed by atoms with E-state index in [-0.39, 0.29) is 22.6 Å². The number of nitrogens with zero attached hydrogens (tertiary/aromatic N) is 2. The zero-order valence-corrected chi connectivity index (χ0v) is 19.3. The molecule has 174 valence electrons. The van der Waals surface area contributed by atoms with Crippen molar-refractivity contribution in [3.63, 3.8) is 0 Å². The molecule has 0 aliphatic rings. The van der Waals surface area contributed by atoms with Crippen molar-refractivity contribution in [2.24, 2.45) is 11.5 Å². The smallest absolute Gasteiger partial charge is 0.268 e. The van der Waals surface area contributed by atoms with Gasteiger partial charge in [-0.2, -0.15) is 0 Å². The Balaban J connectivity index is 1.88. The largest absolute Gasteiger partial charge is 0.366 e. The van der Waals surface area contributed by atoms with E-state index in [1.807, 2.05) is 6.92 Å². The van der Waals surface area contributed by atoms with Gasteiger partial charge in [0.25, 0.3) is 21.5 Å². The van der Waals surface area contributed by atoms with Gasteiger partial charge in [0, 0.05) is 17.3 Å². The van der Waals surface area contributed by atoms with Crippen LogP contribution in [0.4, 0.5) is 0 Å². The van der Waals surface area contributed by atoms with Crippen molar-refractivity contribution in [2.45, 2.75) is 25.3 Å². The molecule has 0 aliphatic carbocycles. The minimum absolute atomic E-state index is 0.0361. The summed E-state index contributed by atoms with van der Waals surface area (Å²) in [6.45, 7) is 3.52. The molecular weight excluding hydrogens is 456 g/mol. The van der Waals surface area contributed by atoms with E-state index >= 15 is 0 Å². The summed E-state index contributed by atoms with van der Waals surface area (Å²) in [6.07, 6.45) is 1.25. The highest BCUT2D eigenvalue weighted by Gasteiger charge is 2.23. The summed E-state index contributed by atoms with van der Waals surface area (Å²) in [7, 11) is -3.88. The molecule has 4 rings (SSSR count). The van der Waals surface area contributed by atoms with E-state index in [1.165, 1.54) is 10.2 Å².